The minimum Gasteiger partial charge on any atom is -0.497 e. The molecular weight excluding hydrogens is 416 g/mol. The van der Waals surface area contributed by atoms with Crippen LogP contribution >= 0.6 is 0 Å². The molecule has 0 aliphatic heterocycles. The molecular formula is C25H26N6O2. The highest BCUT2D eigenvalue weighted by molar-refractivity contribution is 5.94. The van der Waals surface area contributed by atoms with E-state index >= 15 is 0 Å². The molecule has 8 nitrogen and oxygen atoms in total. The topological polar surface area (TPSA) is 99.6 Å². The lowest BCUT2D eigenvalue weighted by Gasteiger charge is -2.13. The van der Waals surface area contributed by atoms with Crippen molar-refractivity contribution in [3.8, 4) is 22.6 Å². The molecule has 0 unspecified atom stereocenters. The van der Waals surface area contributed by atoms with Crippen molar-refractivity contribution in [1.29, 1.82) is 0 Å². The van der Waals surface area contributed by atoms with Crippen molar-refractivity contribution in [2.45, 2.75) is 13.1 Å². The van der Waals surface area contributed by atoms with E-state index in [0.29, 0.717) is 36.2 Å². The fraction of sp³-hybridized carbons (Fsp3) is 0.160. The standard InChI is InChI=1S/C25H26N6O2/c1-32-21-11-12-24(33-2)23(13-21)30-25(26)28-14-20-5-3-4-6-22(20)19-9-7-18(8-10-19)15-31-17-27-16-29-31/h3-13,16-17H,14-15H2,1-2H3,(H3,26,28,30). The first-order valence-corrected chi connectivity index (χ1v) is 10.4. The van der Waals surface area contributed by atoms with Gasteiger partial charge in [-0.3, -0.25) is 0 Å². The molecule has 0 saturated carbocycles. The van der Waals surface area contributed by atoms with E-state index in [1.54, 1.807) is 25.2 Å². The summed E-state index contributed by atoms with van der Waals surface area (Å²) >= 11 is 0. The molecule has 0 atom stereocenters. The quantitative estimate of drug-likeness (QED) is 0.317. The van der Waals surface area contributed by atoms with E-state index in [-0.39, 0.29) is 0 Å². The third-order valence-electron chi connectivity index (χ3n) is 5.18. The van der Waals surface area contributed by atoms with Crippen LogP contribution in [0.15, 0.2) is 84.4 Å². The Balaban J connectivity index is 1.49. The molecule has 8 heteroatoms. The number of ether oxygens (including phenoxy) is 2. The lowest BCUT2D eigenvalue weighted by atomic mass is 9.98. The van der Waals surface area contributed by atoms with Crippen molar-refractivity contribution in [2.75, 3.05) is 19.5 Å². The van der Waals surface area contributed by atoms with Crippen LogP contribution in [0.2, 0.25) is 0 Å². The Kier molecular flexibility index (Phi) is 6.84. The summed E-state index contributed by atoms with van der Waals surface area (Å²) in [5.74, 6) is 1.64. The summed E-state index contributed by atoms with van der Waals surface area (Å²) in [5.41, 5.74) is 11.3. The SMILES string of the molecule is COc1ccc(OC)c(NC(N)=NCc2ccccc2-c2ccc(Cn3cncn3)cc2)c1. The number of nitrogens with zero attached hydrogens (tertiary/aromatic N) is 4. The monoisotopic (exact) mass is 442 g/mol. The van der Waals surface area contributed by atoms with E-state index in [1.165, 1.54) is 6.33 Å². The molecule has 0 saturated heterocycles. The predicted octanol–water partition coefficient (Wildman–Crippen LogP) is 3.94. The Hall–Kier alpha value is -4.33. The van der Waals surface area contributed by atoms with Crippen molar-refractivity contribution >= 4 is 11.6 Å². The van der Waals surface area contributed by atoms with E-state index in [0.717, 1.165) is 22.3 Å². The summed E-state index contributed by atoms with van der Waals surface area (Å²) in [7, 11) is 3.22. The van der Waals surface area contributed by atoms with Gasteiger partial charge in [-0.25, -0.2) is 14.7 Å². The summed E-state index contributed by atoms with van der Waals surface area (Å²) in [5, 5.41) is 7.26. The number of aromatic nitrogens is 3. The molecule has 0 radical (unpaired) electrons. The fourth-order valence-electron chi connectivity index (χ4n) is 3.49. The molecule has 0 fully saturated rings. The van der Waals surface area contributed by atoms with Crippen LogP contribution in [0.3, 0.4) is 0 Å². The van der Waals surface area contributed by atoms with Gasteiger partial charge in [0, 0.05) is 6.07 Å². The van der Waals surface area contributed by atoms with Crippen molar-refractivity contribution in [3.63, 3.8) is 0 Å². The van der Waals surface area contributed by atoms with E-state index in [2.05, 4.69) is 56.8 Å². The van der Waals surface area contributed by atoms with Gasteiger partial charge in [-0.1, -0.05) is 48.5 Å². The van der Waals surface area contributed by atoms with E-state index in [1.807, 2.05) is 30.3 Å². The number of benzene rings is 3. The van der Waals surface area contributed by atoms with Crippen LogP contribution in [-0.4, -0.2) is 34.9 Å². The Labute approximate surface area is 192 Å². The number of hydrogen-bond donors (Lipinski definition) is 2. The molecule has 1 heterocycles. The van der Waals surface area contributed by atoms with E-state index in [9.17, 15) is 0 Å². The average molecular weight is 443 g/mol. The molecule has 0 amide bonds. The van der Waals surface area contributed by atoms with Crippen LogP contribution in [0.25, 0.3) is 11.1 Å². The normalized spacial score (nSPS) is 11.3. The van der Waals surface area contributed by atoms with Crippen LogP contribution < -0.4 is 20.5 Å². The summed E-state index contributed by atoms with van der Waals surface area (Å²) in [6, 6.07) is 22.0. The molecule has 3 aromatic carbocycles. The van der Waals surface area contributed by atoms with Crippen LogP contribution in [0.4, 0.5) is 5.69 Å². The maximum atomic E-state index is 6.17. The van der Waals surface area contributed by atoms with Gasteiger partial charge in [0.25, 0.3) is 0 Å². The number of anilines is 1. The van der Waals surface area contributed by atoms with E-state index in [4.69, 9.17) is 15.2 Å². The molecule has 3 N–H and O–H groups in total. The molecule has 168 valence electrons. The largest absolute Gasteiger partial charge is 0.497 e. The molecule has 0 spiro atoms. The highest BCUT2D eigenvalue weighted by atomic mass is 16.5. The second-order valence-corrected chi connectivity index (χ2v) is 7.34. The van der Waals surface area contributed by atoms with Gasteiger partial charge in [-0.05, 0) is 34.4 Å². The minimum atomic E-state index is 0.291. The van der Waals surface area contributed by atoms with Crippen LogP contribution in [-0.2, 0) is 13.1 Å². The number of aliphatic imine (C=N–C) groups is 1. The van der Waals surface area contributed by atoms with Gasteiger partial charge >= 0.3 is 0 Å². The maximum Gasteiger partial charge on any atom is 0.193 e. The van der Waals surface area contributed by atoms with Gasteiger partial charge in [-0.15, -0.1) is 0 Å². The molecule has 4 rings (SSSR count). The van der Waals surface area contributed by atoms with Crippen molar-refractivity contribution in [3.05, 3.63) is 90.5 Å². The van der Waals surface area contributed by atoms with Crippen LogP contribution in [0.1, 0.15) is 11.1 Å². The Morgan fingerprint density at radius 2 is 1.85 bits per heavy atom. The molecule has 0 aliphatic rings. The van der Waals surface area contributed by atoms with Gasteiger partial charge < -0.3 is 20.5 Å². The van der Waals surface area contributed by atoms with Crippen LogP contribution in [0.5, 0.6) is 11.5 Å². The van der Waals surface area contributed by atoms with Gasteiger partial charge in [0.15, 0.2) is 5.96 Å². The molecule has 33 heavy (non-hydrogen) atoms. The number of hydrogen-bond acceptors (Lipinski definition) is 5. The summed E-state index contributed by atoms with van der Waals surface area (Å²) in [4.78, 5) is 8.53. The molecule has 0 aliphatic carbocycles. The average Bonchev–Trinajstić information content (AvgIpc) is 3.36. The third kappa shape index (κ3) is 5.48. The Bertz CT molecular complexity index is 1220. The second kappa shape index (κ2) is 10.3. The predicted molar refractivity (Wildman–Crippen MR) is 129 cm³/mol. The number of guanidine groups is 1. The van der Waals surface area contributed by atoms with Gasteiger partial charge in [-0.2, -0.15) is 5.10 Å². The smallest absolute Gasteiger partial charge is 0.193 e. The maximum absolute atomic E-state index is 6.17. The second-order valence-electron chi connectivity index (χ2n) is 7.34. The summed E-state index contributed by atoms with van der Waals surface area (Å²) in [6.45, 7) is 1.12. The third-order valence-corrected chi connectivity index (χ3v) is 5.18. The zero-order valence-electron chi connectivity index (χ0n) is 18.6. The first kappa shape index (κ1) is 21.9. The first-order valence-electron chi connectivity index (χ1n) is 10.4. The number of nitrogens with two attached hydrogens (primary N) is 1. The molecule has 0 bridgehead atoms. The van der Waals surface area contributed by atoms with E-state index < -0.39 is 0 Å². The summed E-state index contributed by atoms with van der Waals surface area (Å²) < 4.78 is 12.5. The van der Waals surface area contributed by atoms with Crippen LogP contribution in [0, 0.1) is 0 Å². The highest BCUT2D eigenvalue weighted by Gasteiger charge is 2.08. The zero-order chi connectivity index (χ0) is 23.0. The zero-order valence-corrected chi connectivity index (χ0v) is 18.6. The number of methoxy groups -OCH3 is 2. The van der Waals surface area contributed by atoms with Gasteiger partial charge in [0.2, 0.25) is 0 Å². The number of nitrogens with one attached hydrogen (secondary N) is 1. The fourth-order valence-corrected chi connectivity index (χ4v) is 3.49. The lowest BCUT2D eigenvalue weighted by Crippen LogP contribution is -2.23. The Morgan fingerprint density at radius 1 is 1.03 bits per heavy atom. The van der Waals surface area contributed by atoms with Crippen molar-refractivity contribution in [2.24, 2.45) is 10.7 Å². The highest BCUT2D eigenvalue weighted by Crippen LogP contribution is 2.29. The Morgan fingerprint density at radius 3 is 2.58 bits per heavy atom. The van der Waals surface area contributed by atoms with Crippen molar-refractivity contribution < 1.29 is 9.47 Å². The van der Waals surface area contributed by atoms with Gasteiger partial charge in [0.1, 0.15) is 24.2 Å². The molecule has 4 aromatic rings. The number of rotatable bonds is 8. The van der Waals surface area contributed by atoms with Gasteiger partial charge in [0.05, 0.1) is 33.0 Å². The minimum absolute atomic E-state index is 0.291. The first-order chi connectivity index (χ1) is 16.2. The summed E-state index contributed by atoms with van der Waals surface area (Å²) in [6.07, 6.45) is 3.25. The molecule has 1 aromatic heterocycles. The van der Waals surface area contributed by atoms with Crippen molar-refractivity contribution in [1.82, 2.24) is 14.8 Å². The lowest BCUT2D eigenvalue weighted by molar-refractivity contribution is 0.405.